The van der Waals surface area contributed by atoms with Gasteiger partial charge in [0.1, 0.15) is 5.01 Å². The first-order chi connectivity index (χ1) is 12.8. The third-order valence-corrected chi connectivity index (χ3v) is 5.15. The smallest absolute Gasteiger partial charge is 0.255 e. The SMILES string of the molecule is Cc1nnc(NC(=O)CCc2c(C)nn(-c3nc(C)c(C)c(=O)[nH]3)c2C)s1. The summed E-state index contributed by atoms with van der Waals surface area (Å²) in [5.74, 6) is 0.249. The molecule has 27 heavy (non-hydrogen) atoms. The Morgan fingerprint density at radius 3 is 2.52 bits per heavy atom. The summed E-state index contributed by atoms with van der Waals surface area (Å²) >= 11 is 1.34. The molecule has 0 atom stereocenters. The van der Waals surface area contributed by atoms with Crippen molar-refractivity contribution in [1.82, 2.24) is 29.9 Å². The van der Waals surface area contributed by atoms with Crippen molar-refractivity contribution in [2.24, 2.45) is 0 Å². The van der Waals surface area contributed by atoms with Gasteiger partial charge in [0.15, 0.2) is 0 Å². The Balaban J connectivity index is 1.78. The Morgan fingerprint density at radius 1 is 1.15 bits per heavy atom. The van der Waals surface area contributed by atoms with E-state index >= 15 is 0 Å². The molecule has 0 aliphatic carbocycles. The van der Waals surface area contributed by atoms with Crippen molar-refractivity contribution in [3.8, 4) is 5.95 Å². The van der Waals surface area contributed by atoms with Crippen LogP contribution >= 0.6 is 11.3 Å². The molecule has 10 heteroatoms. The van der Waals surface area contributed by atoms with Crippen molar-refractivity contribution < 1.29 is 4.79 Å². The van der Waals surface area contributed by atoms with Gasteiger partial charge in [-0.25, -0.2) is 9.67 Å². The number of aryl methyl sites for hydroxylation is 3. The van der Waals surface area contributed by atoms with E-state index in [0.29, 0.717) is 35.2 Å². The van der Waals surface area contributed by atoms with Gasteiger partial charge in [-0.3, -0.25) is 14.6 Å². The lowest BCUT2D eigenvalue weighted by Gasteiger charge is -2.07. The third kappa shape index (κ3) is 3.95. The molecular weight excluding hydrogens is 366 g/mol. The largest absolute Gasteiger partial charge is 0.301 e. The van der Waals surface area contributed by atoms with Crippen molar-refractivity contribution in [1.29, 1.82) is 0 Å². The monoisotopic (exact) mass is 387 g/mol. The van der Waals surface area contributed by atoms with Crippen LogP contribution in [0.15, 0.2) is 4.79 Å². The molecule has 0 aliphatic rings. The van der Waals surface area contributed by atoms with Crippen LogP contribution in [-0.4, -0.2) is 35.9 Å². The maximum atomic E-state index is 12.2. The molecule has 0 saturated carbocycles. The fourth-order valence-corrected chi connectivity index (χ4v) is 3.35. The van der Waals surface area contributed by atoms with Gasteiger partial charge < -0.3 is 5.32 Å². The second-order valence-corrected chi connectivity index (χ2v) is 7.52. The molecule has 0 saturated heterocycles. The Morgan fingerprint density at radius 2 is 1.89 bits per heavy atom. The first-order valence-electron chi connectivity index (χ1n) is 8.49. The standard InChI is InChI=1S/C17H21N7O2S/c1-8-9(2)18-16(20-15(8)26)24-11(4)13(10(3)23-24)6-7-14(25)19-17-22-21-12(5)27-17/h6-7H2,1-5H3,(H,18,20,26)(H,19,22,25). The number of anilines is 1. The van der Waals surface area contributed by atoms with Gasteiger partial charge in [0.25, 0.3) is 5.56 Å². The van der Waals surface area contributed by atoms with E-state index < -0.39 is 0 Å². The molecule has 9 nitrogen and oxygen atoms in total. The third-order valence-electron chi connectivity index (χ3n) is 4.40. The zero-order chi connectivity index (χ0) is 19.7. The summed E-state index contributed by atoms with van der Waals surface area (Å²) in [5, 5.41) is 16.3. The molecular formula is C17H21N7O2S. The summed E-state index contributed by atoms with van der Waals surface area (Å²) in [6.07, 6.45) is 0.819. The Hall–Kier alpha value is -2.88. The van der Waals surface area contributed by atoms with Gasteiger partial charge in [-0.1, -0.05) is 11.3 Å². The molecule has 1 amide bonds. The van der Waals surface area contributed by atoms with Crippen LogP contribution in [-0.2, 0) is 11.2 Å². The number of carbonyl (C=O) groups excluding carboxylic acids is 1. The lowest BCUT2D eigenvalue weighted by molar-refractivity contribution is -0.116. The van der Waals surface area contributed by atoms with Crippen LogP contribution in [0.25, 0.3) is 5.95 Å². The highest BCUT2D eigenvalue weighted by molar-refractivity contribution is 7.15. The molecule has 0 fully saturated rings. The highest BCUT2D eigenvalue weighted by Gasteiger charge is 2.17. The summed E-state index contributed by atoms with van der Waals surface area (Å²) in [6.45, 7) is 9.13. The molecule has 0 aromatic carbocycles. The van der Waals surface area contributed by atoms with Crippen molar-refractivity contribution in [2.75, 3.05) is 5.32 Å². The lowest BCUT2D eigenvalue weighted by Crippen LogP contribution is -2.18. The molecule has 142 valence electrons. The maximum Gasteiger partial charge on any atom is 0.255 e. The number of carbonyl (C=O) groups is 1. The Kier molecular flexibility index (Phi) is 5.17. The highest BCUT2D eigenvalue weighted by atomic mass is 32.1. The van der Waals surface area contributed by atoms with Crippen LogP contribution in [0.1, 0.15) is 39.6 Å². The molecule has 0 aliphatic heterocycles. The molecule has 3 aromatic heterocycles. The minimum atomic E-state index is -0.182. The predicted octanol–water partition coefficient (Wildman–Crippen LogP) is 1.92. The molecule has 0 bridgehead atoms. The summed E-state index contributed by atoms with van der Waals surface area (Å²) < 4.78 is 1.62. The predicted molar refractivity (Wildman–Crippen MR) is 103 cm³/mol. The number of rotatable bonds is 5. The van der Waals surface area contributed by atoms with Crippen LogP contribution in [0.4, 0.5) is 5.13 Å². The van der Waals surface area contributed by atoms with E-state index in [4.69, 9.17) is 0 Å². The number of nitrogens with zero attached hydrogens (tertiary/aromatic N) is 5. The summed E-state index contributed by atoms with van der Waals surface area (Å²) in [4.78, 5) is 31.4. The summed E-state index contributed by atoms with van der Waals surface area (Å²) in [7, 11) is 0. The van der Waals surface area contributed by atoms with Gasteiger partial charge in [0, 0.05) is 23.4 Å². The molecule has 0 spiro atoms. The van der Waals surface area contributed by atoms with Crippen LogP contribution in [0.3, 0.4) is 0 Å². The first kappa shape index (κ1) is 18.9. The van der Waals surface area contributed by atoms with E-state index in [1.807, 2.05) is 20.8 Å². The van der Waals surface area contributed by atoms with Gasteiger partial charge in [0.05, 0.1) is 5.69 Å². The zero-order valence-corrected chi connectivity index (χ0v) is 16.7. The number of H-pyrrole nitrogens is 1. The fraction of sp³-hybridized carbons (Fsp3) is 0.412. The second kappa shape index (κ2) is 7.39. The van der Waals surface area contributed by atoms with E-state index in [2.05, 4.69) is 30.6 Å². The van der Waals surface area contributed by atoms with Crippen LogP contribution in [0.2, 0.25) is 0 Å². The number of amides is 1. The van der Waals surface area contributed by atoms with E-state index in [9.17, 15) is 9.59 Å². The molecule has 0 radical (unpaired) electrons. The quantitative estimate of drug-likeness (QED) is 0.690. The van der Waals surface area contributed by atoms with Crippen LogP contribution < -0.4 is 10.9 Å². The van der Waals surface area contributed by atoms with Crippen molar-refractivity contribution >= 4 is 22.4 Å². The topological polar surface area (TPSA) is 118 Å². The Labute approximate surface area is 159 Å². The Bertz CT molecular complexity index is 1060. The number of hydrogen-bond donors (Lipinski definition) is 2. The molecule has 3 heterocycles. The maximum absolute atomic E-state index is 12.2. The average Bonchev–Trinajstić information content (AvgIpc) is 3.13. The fourth-order valence-electron chi connectivity index (χ4n) is 2.74. The number of hydrogen-bond acceptors (Lipinski definition) is 7. The molecule has 2 N–H and O–H groups in total. The average molecular weight is 387 g/mol. The van der Waals surface area contributed by atoms with Crippen molar-refractivity contribution in [3.63, 3.8) is 0 Å². The van der Waals surface area contributed by atoms with Crippen LogP contribution in [0.5, 0.6) is 0 Å². The van der Waals surface area contributed by atoms with Gasteiger partial charge >= 0.3 is 0 Å². The summed E-state index contributed by atoms with van der Waals surface area (Å²) in [6, 6.07) is 0. The van der Waals surface area contributed by atoms with Gasteiger partial charge in [-0.05, 0) is 46.6 Å². The summed E-state index contributed by atoms with van der Waals surface area (Å²) in [5.41, 5.74) is 3.67. The van der Waals surface area contributed by atoms with Crippen molar-refractivity contribution in [2.45, 2.75) is 47.5 Å². The van der Waals surface area contributed by atoms with E-state index in [0.717, 1.165) is 22.0 Å². The van der Waals surface area contributed by atoms with Gasteiger partial charge in [-0.2, -0.15) is 5.10 Å². The highest BCUT2D eigenvalue weighted by Crippen LogP contribution is 2.19. The van der Waals surface area contributed by atoms with Gasteiger partial charge in [-0.15, -0.1) is 10.2 Å². The normalized spacial score (nSPS) is 11.0. The molecule has 3 rings (SSSR count). The second-order valence-electron chi connectivity index (χ2n) is 6.34. The van der Waals surface area contributed by atoms with E-state index in [1.54, 1.807) is 18.5 Å². The van der Waals surface area contributed by atoms with Crippen LogP contribution in [0, 0.1) is 34.6 Å². The van der Waals surface area contributed by atoms with Gasteiger partial charge in [0.2, 0.25) is 17.0 Å². The minimum absolute atomic E-state index is 0.129. The zero-order valence-electron chi connectivity index (χ0n) is 15.9. The van der Waals surface area contributed by atoms with E-state index in [1.165, 1.54) is 11.3 Å². The number of aromatic amines is 1. The number of aromatic nitrogens is 6. The molecule has 0 unspecified atom stereocenters. The minimum Gasteiger partial charge on any atom is -0.301 e. The van der Waals surface area contributed by atoms with E-state index in [-0.39, 0.29) is 11.5 Å². The first-order valence-corrected chi connectivity index (χ1v) is 9.31. The van der Waals surface area contributed by atoms with Crippen molar-refractivity contribution in [3.05, 3.63) is 43.6 Å². The number of nitrogens with one attached hydrogen (secondary N) is 2. The molecule has 3 aromatic rings. The lowest BCUT2D eigenvalue weighted by atomic mass is 10.1.